The van der Waals surface area contributed by atoms with E-state index >= 15 is 0 Å². The molecule has 0 N–H and O–H groups in total. The molecule has 2 unspecified atom stereocenters. The number of rotatable bonds is 7. The molecule has 1 aliphatic heterocycles. The summed E-state index contributed by atoms with van der Waals surface area (Å²) in [5.74, 6) is 5.63. The lowest BCUT2D eigenvalue weighted by Gasteiger charge is -2.38. The first kappa shape index (κ1) is 25.7. The summed E-state index contributed by atoms with van der Waals surface area (Å²) in [5, 5.41) is 2.24. The number of hydrogen-bond donors (Lipinski definition) is 0. The fraction of sp³-hybridized carbons (Fsp3) is 0.429. The van der Waals surface area contributed by atoms with Crippen LogP contribution in [0.25, 0.3) is 10.8 Å². The maximum Gasteiger partial charge on any atom is 0.333 e. The van der Waals surface area contributed by atoms with Gasteiger partial charge in [-0.25, -0.2) is 4.79 Å². The topological polar surface area (TPSA) is 61.8 Å². The Morgan fingerprint density at radius 2 is 1.85 bits per heavy atom. The van der Waals surface area contributed by atoms with E-state index in [1.165, 1.54) is 13.0 Å². The second kappa shape index (κ2) is 10.6. The maximum atomic E-state index is 12.1. The molecule has 0 aliphatic carbocycles. The van der Waals surface area contributed by atoms with Crippen molar-refractivity contribution in [2.45, 2.75) is 77.5 Å². The van der Waals surface area contributed by atoms with Crippen molar-refractivity contribution in [1.29, 1.82) is 0 Å². The minimum Gasteiger partial charge on any atom is -0.458 e. The molecular formula is C28H34O5Si. The third-order valence-corrected chi connectivity index (χ3v) is 10.9. The second-order valence-electron chi connectivity index (χ2n) is 10.1. The Hall–Kier alpha value is -2.88. The van der Waals surface area contributed by atoms with Crippen LogP contribution in [0.4, 0.5) is 0 Å². The Balaban J connectivity index is 1.69. The van der Waals surface area contributed by atoms with Gasteiger partial charge in [0.15, 0.2) is 8.32 Å². The molecule has 1 heterocycles. The summed E-state index contributed by atoms with van der Waals surface area (Å²) in [7, 11) is -2.21. The van der Waals surface area contributed by atoms with Crippen molar-refractivity contribution in [3.05, 3.63) is 59.7 Å². The molecule has 0 aromatic heterocycles. The van der Waals surface area contributed by atoms with E-state index in [1.807, 2.05) is 24.3 Å². The predicted molar refractivity (Wildman–Crippen MR) is 136 cm³/mol. The number of carbonyl (C=O) groups is 2. The minimum absolute atomic E-state index is 0.0543. The van der Waals surface area contributed by atoms with E-state index in [2.05, 4.69) is 63.9 Å². The molecule has 0 spiro atoms. The largest absolute Gasteiger partial charge is 0.458 e. The summed E-state index contributed by atoms with van der Waals surface area (Å²) in [5.41, 5.74) is 1.57. The Kier molecular flexibility index (Phi) is 8.01. The molecule has 0 bridgehead atoms. The van der Waals surface area contributed by atoms with E-state index < -0.39 is 32.6 Å². The Bertz CT molecular complexity index is 1140. The molecule has 3 rings (SSSR count). The van der Waals surface area contributed by atoms with E-state index in [-0.39, 0.29) is 5.04 Å². The van der Waals surface area contributed by atoms with E-state index in [1.54, 1.807) is 0 Å². The van der Waals surface area contributed by atoms with Crippen LogP contribution in [0.1, 0.15) is 52.5 Å². The molecular weight excluding hydrogens is 444 g/mol. The van der Waals surface area contributed by atoms with Gasteiger partial charge in [0.2, 0.25) is 6.29 Å². The summed E-state index contributed by atoms with van der Waals surface area (Å²) in [6.45, 7) is 11.9. The molecule has 34 heavy (non-hydrogen) atoms. The maximum absolute atomic E-state index is 12.1. The van der Waals surface area contributed by atoms with Gasteiger partial charge in [-0.3, -0.25) is 4.79 Å². The Morgan fingerprint density at radius 1 is 1.15 bits per heavy atom. The Morgan fingerprint density at radius 3 is 2.56 bits per heavy atom. The summed E-state index contributed by atoms with van der Waals surface area (Å²) in [4.78, 5) is 23.9. The SMILES string of the molecule is CC(=O)OC(CCCC#Cc1cccc2ccccc12)C1=CC(=O)OC1O[Si](C)(C)C(C)(C)C. The van der Waals surface area contributed by atoms with Gasteiger partial charge in [-0.1, -0.05) is 69.0 Å². The first-order valence-electron chi connectivity index (χ1n) is 11.7. The zero-order chi connectivity index (χ0) is 24.9. The summed E-state index contributed by atoms with van der Waals surface area (Å²) >= 11 is 0. The minimum atomic E-state index is -2.21. The number of fused-ring (bicyclic) bond motifs is 1. The lowest BCUT2D eigenvalue weighted by molar-refractivity contribution is -0.152. The second-order valence-corrected chi connectivity index (χ2v) is 14.9. The van der Waals surface area contributed by atoms with Gasteiger partial charge in [-0.15, -0.1) is 0 Å². The monoisotopic (exact) mass is 478 g/mol. The van der Waals surface area contributed by atoms with E-state index in [9.17, 15) is 9.59 Å². The Labute approximate surface area is 203 Å². The molecule has 0 saturated carbocycles. The fourth-order valence-corrected chi connectivity index (χ4v) is 4.63. The van der Waals surface area contributed by atoms with E-state index in [0.717, 1.165) is 16.3 Å². The molecule has 2 aromatic carbocycles. The standard InChI is InChI=1S/C28H34O5Si/c1-20(29)31-25(24-19-26(30)32-27(24)33-34(5,6)28(2,3)4)18-9-7-8-13-21-15-12-16-22-14-10-11-17-23(21)22/h10-12,14-17,19,25,27H,7,9,18H2,1-6H3. The number of unbranched alkanes of at least 4 members (excludes halogenated alkanes) is 1. The third kappa shape index (κ3) is 6.37. The molecule has 6 heteroatoms. The lowest BCUT2D eigenvalue weighted by Crippen LogP contribution is -2.45. The first-order valence-corrected chi connectivity index (χ1v) is 14.6. The molecule has 0 saturated heterocycles. The smallest absolute Gasteiger partial charge is 0.333 e. The molecule has 5 nitrogen and oxygen atoms in total. The molecule has 1 aliphatic rings. The third-order valence-electron chi connectivity index (χ3n) is 6.45. The van der Waals surface area contributed by atoms with Crippen molar-refractivity contribution < 1.29 is 23.5 Å². The van der Waals surface area contributed by atoms with E-state index in [0.29, 0.717) is 24.8 Å². The summed E-state index contributed by atoms with van der Waals surface area (Å²) in [6.07, 6.45) is 1.87. The van der Waals surface area contributed by atoms with Crippen LogP contribution >= 0.6 is 0 Å². The molecule has 2 aromatic rings. The molecule has 0 radical (unpaired) electrons. The van der Waals surface area contributed by atoms with Crippen molar-refractivity contribution in [1.82, 2.24) is 0 Å². The number of ether oxygens (including phenoxy) is 2. The number of benzene rings is 2. The fourth-order valence-electron chi connectivity index (χ4n) is 3.55. The van der Waals surface area contributed by atoms with Crippen LogP contribution in [-0.2, 0) is 23.5 Å². The van der Waals surface area contributed by atoms with Gasteiger partial charge in [0, 0.05) is 30.6 Å². The van der Waals surface area contributed by atoms with Crippen LogP contribution < -0.4 is 0 Å². The van der Waals surface area contributed by atoms with Crippen LogP contribution in [0.15, 0.2) is 54.1 Å². The van der Waals surface area contributed by atoms with Gasteiger partial charge in [0.25, 0.3) is 0 Å². The predicted octanol–water partition coefficient (Wildman–Crippen LogP) is 6.12. The number of hydrogen-bond acceptors (Lipinski definition) is 5. The number of esters is 2. The van der Waals surface area contributed by atoms with Crippen LogP contribution in [0.5, 0.6) is 0 Å². The van der Waals surface area contributed by atoms with Crippen molar-refractivity contribution in [3.8, 4) is 11.8 Å². The van der Waals surface area contributed by atoms with Gasteiger partial charge >= 0.3 is 11.9 Å². The van der Waals surface area contributed by atoms with Gasteiger partial charge < -0.3 is 13.9 Å². The average Bonchev–Trinajstić information content (AvgIpc) is 3.11. The van der Waals surface area contributed by atoms with Crippen LogP contribution in [0, 0.1) is 11.8 Å². The van der Waals surface area contributed by atoms with Gasteiger partial charge in [0.1, 0.15) is 6.10 Å². The molecule has 0 fully saturated rings. The van der Waals surface area contributed by atoms with E-state index in [4.69, 9.17) is 13.9 Å². The van der Waals surface area contributed by atoms with Gasteiger partial charge in [0.05, 0.1) is 0 Å². The van der Waals surface area contributed by atoms with Gasteiger partial charge in [-0.2, -0.15) is 0 Å². The lowest BCUT2D eigenvalue weighted by atomic mass is 10.0. The number of cyclic esters (lactones) is 1. The highest BCUT2D eigenvalue weighted by atomic mass is 28.4. The van der Waals surface area contributed by atoms with Crippen LogP contribution in [0.3, 0.4) is 0 Å². The average molecular weight is 479 g/mol. The summed E-state index contributed by atoms with van der Waals surface area (Å²) in [6, 6.07) is 14.3. The van der Waals surface area contributed by atoms with Crippen LogP contribution in [-0.4, -0.2) is 32.6 Å². The van der Waals surface area contributed by atoms with Crippen molar-refractivity contribution in [2.24, 2.45) is 0 Å². The summed E-state index contributed by atoms with van der Waals surface area (Å²) < 4.78 is 17.4. The van der Waals surface area contributed by atoms with Gasteiger partial charge in [-0.05, 0) is 47.8 Å². The number of carbonyl (C=O) groups excluding carboxylic acids is 2. The highest BCUT2D eigenvalue weighted by Gasteiger charge is 2.44. The van der Waals surface area contributed by atoms with Crippen molar-refractivity contribution in [3.63, 3.8) is 0 Å². The zero-order valence-electron chi connectivity index (χ0n) is 20.9. The van der Waals surface area contributed by atoms with Crippen LogP contribution in [0.2, 0.25) is 18.1 Å². The normalized spacial score (nSPS) is 16.9. The van der Waals surface area contributed by atoms with Crippen molar-refractivity contribution >= 4 is 31.0 Å². The quantitative estimate of drug-likeness (QED) is 0.207. The highest BCUT2D eigenvalue weighted by Crippen LogP contribution is 2.39. The van der Waals surface area contributed by atoms with Crippen molar-refractivity contribution in [2.75, 3.05) is 0 Å². The molecule has 0 amide bonds. The first-order chi connectivity index (χ1) is 16.0. The highest BCUT2D eigenvalue weighted by molar-refractivity contribution is 6.74. The zero-order valence-corrected chi connectivity index (χ0v) is 21.9. The molecule has 2 atom stereocenters. The molecule has 180 valence electrons.